The summed E-state index contributed by atoms with van der Waals surface area (Å²) in [6, 6.07) is 0.423. The molecule has 6 heteroatoms. The first-order chi connectivity index (χ1) is 6.27. The Labute approximate surface area is 80.7 Å². The smallest absolute Gasteiger partial charge is 0.233 e. The Morgan fingerprint density at radius 1 is 1.69 bits per heavy atom. The van der Waals surface area contributed by atoms with Gasteiger partial charge >= 0.3 is 0 Å². The molecule has 1 aromatic rings. The van der Waals surface area contributed by atoms with E-state index in [-0.39, 0.29) is 0 Å². The van der Waals surface area contributed by atoms with Gasteiger partial charge in [0.1, 0.15) is 0 Å². The van der Waals surface area contributed by atoms with E-state index >= 15 is 0 Å². The highest BCUT2D eigenvalue weighted by Gasteiger charge is 2.22. The Morgan fingerprint density at radius 3 is 3.08 bits per heavy atom. The zero-order chi connectivity index (χ0) is 9.26. The molecule has 1 aliphatic rings. The summed E-state index contributed by atoms with van der Waals surface area (Å²) < 4.78 is 9.22. The average molecular weight is 200 g/mol. The van der Waals surface area contributed by atoms with Gasteiger partial charge in [-0.15, -0.1) is 0 Å². The molecule has 1 saturated heterocycles. The summed E-state index contributed by atoms with van der Waals surface area (Å²) in [6.45, 7) is 1.61. The van der Waals surface area contributed by atoms with E-state index in [2.05, 4.69) is 14.3 Å². The Bertz CT molecular complexity index is 284. The number of hydrogen-bond donors (Lipinski definition) is 1. The van der Waals surface area contributed by atoms with E-state index in [1.54, 1.807) is 0 Å². The normalized spacial score (nSPS) is 22.1. The zero-order valence-corrected chi connectivity index (χ0v) is 8.25. The molecule has 2 heterocycles. The van der Waals surface area contributed by atoms with Gasteiger partial charge in [-0.3, -0.25) is 0 Å². The third-order valence-corrected chi connectivity index (χ3v) is 3.01. The van der Waals surface area contributed by atoms with Crippen LogP contribution in [-0.4, -0.2) is 35.7 Å². The Morgan fingerprint density at radius 2 is 2.54 bits per heavy atom. The van der Waals surface area contributed by atoms with Crippen molar-refractivity contribution in [3.05, 3.63) is 0 Å². The molecule has 1 unspecified atom stereocenters. The summed E-state index contributed by atoms with van der Waals surface area (Å²) >= 11 is 1.33. The minimum absolute atomic E-state index is 0.353. The van der Waals surface area contributed by atoms with E-state index < -0.39 is 0 Å². The third kappa shape index (κ3) is 1.73. The monoisotopic (exact) mass is 200 g/mol. The highest BCUT2D eigenvalue weighted by atomic mass is 32.1. The van der Waals surface area contributed by atoms with Gasteiger partial charge in [0.15, 0.2) is 0 Å². The molecule has 0 bridgehead atoms. The highest BCUT2D eigenvalue weighted by Crippen LogP contribution is 2.22. The van der Waals surface area contributed by atoms with Gasteiger partial charge in [0.2, 0.25) is 11.1 Å². The Kier molecular flexibility index (Phi) is 2.32. The molecule has 1 atom stereocenters. The lowest BCUT2D eigenvalue weighted by molar-refractivity contribution is 0.193. The topological polar surface area (TPSA) is 64.3 Å². The predicted molar refractivity (Wildman–Crippen MR) is 51.9 cm³/mol. The van der Waals surface area contributed by atoms with Crippen molar-refractivity contribution in [1.82, 2.24) is 9.36 Å². The second-order valence-electron chi connectivity index (χ2n) is 3.06. The standard InChI is InChI=1S/C7H12N4OS/c1-11(5-2-3-12-4-5)7-9-6(8)10-13-7/h5H,2-4H2,1H3,(H2,8,10). The van der Waals surface area contributed by atoms with Crippen LogP contribution in [0.3, 0.4) is 0 Å². The van der Waals surface area contributed by atoms with Gasteiger partial charge in [0.05, 0.1) is 12.6 Å². The van der Waals surface area contributed by atoms with Crippen molar-refractivity contribution in [3.8, 4) is 0 Å². The Balaban J connectivity index is 2.07. The SMILES string of the molecule is CN(c1nc(N)ns1)C1CCOC1. The second-order valence-corrected chi connectivity index (χ2v) is 3.79. The van der Waals surface area contributed by atoms with Crippen LogP contribution >= 0.6 is 11.5 Å². The molecule has 0 spiro atoms. The number of hydrogen-bond acceptors (Lipinski definition) is 6. The molecule has 1 aliphatic heterocycles. The van der Waals surface area contributed by atoms with Crippen LogP contribution in [0.15, 0.2) is 0 Å². The van der Waals surface area contributed by atoms with E-state index in [0.717, 1.165) is 24.8 Å². The number of ether oxygens (including phenoxy) is 1. The number of aromatic nitrogens is 2. The fourth-order valence-corrected chi connectivity index (χ4v) is 1.98. The molecule has 0 amide bonds. The highest BCUT2D eigenvalue weighted by molar-refractivity contribution is 7.09. The number of nitrogens with two attached hydrogens (primary N) is 1. The molecule has 13 heavy (non-hydrogen) atoms. The maximum Gasteiger partial charge on any atom is 0.233 e. The molecule has 1 fully saturated rings. The largest absolute Gasteiger partial charge is 0.379 e. The molecule has 0 saturated carbocycles. The van der Waals surface area contributed by atoms with Crippen molar-refractivity contribution >= 4 is 22.6 Å². The summed E-state index contributed by atoms with van der Waals surface area (Å²) in [7, 11) is 2.00. The number of rotatable bonds is 2. The van der Waals surface area contributed by atoms with E-state index in [9.17, 15) is 0 Å². The first-order valence-corrected chi connectivity index (χ1v) is 4.94. The summed E-state index contributed by atoms with van der Waals surface area (Å²) in [5.74, 6) is 0.353. The molecule has 72 valence electrons. The molecule has 0 radical (unpaired) electrons. The molecule has 5 nitrogen and oxygen atoms in total. The van der Waals surface area contributed by atoms with Gasteiger partial charge in [0, 0.05) is 25.2 Å². The van der Waals surface area contributed by atoms with Crippen LogP contribution in [0.1, 0.15) is 6.42 Å². The van der Waals surface area contributed by atoms with Crippen molar-refractivity contribution in [3.63, 3.8) is 0 Å². The first-order valence-electron chi connectivity index (χ1n) is 4.17. The lowest BCUT2D eigenvalue weighted by atomic mass is 10.2. The van der Waals surface area contributed by atoms with Crippen LogP contribution in [0.5, 0.6) is 0 Å². The lowest BCUT2D eigenvalue weighted by Gasteiger charge is -2.21. The second kappa shape index (κ2) is 3.47. The average Bonchev–Trinajstić information content (AvgIpc) is 2.72. The van der Waals surface area contributed by atoms with Crippen molar-refractivity contribution in [2.24, 2.45) is 0 Å². The number of nitrogen functional groups attached to an aromatic ring is 1. The van der Waals surface area contributed by atoms with Gasteiger partial charge in [-0.1, -0.05) is 0 Å². The van der Waals surface area contributed by atoms with Gasteiger partial charge in [-0.2, -0.15) is 9.36 Å². The fraction of sp³-hybridized carbons (Fsp3) is 0.714. The maximum absolute atomic E-state index is 5.45. The van der Waals surface area contributed by atoms with E-state index in [1.165, 1.54) is 11.5 Å². The summed E-state index contributed by atoms with van der Waals surface area (Å²) in [4.78, 5) is 6.20. The van der Waals surface area contributed by atoms with E-state index in [0.29, 0.717) is 12.0 Å². The fourth-order valence-electron chi connectivity index (χ4n) is 1.35. The van der Waals surface area contributed by atoms with E-state index in [4.69, 9.17) is 10.5 Å². The van der Waals surface area contributed by atoms with Crippen LogP contribution in [0.25, 0.3) is 0 Å². The van der Waals surface area contributed by atoms with Gasteiger partial charge in [0.25, 0.3) is 0 Å². The molecular formula is C7H12N4OS. The molecule has 0 aromatic carbocycles. The number of nitrogens with zero attached hydrogens (tertiary/aromatic N) is 3. The van der Waals surface area contributed by atoms with E-state index in [1.807, 2.05) is 7.05 Å². The molecule has 2 rings (SSSR count). The van der Waals surface area contributed by atoms with Gasteiger partial charge in [-0.25, -0.2) is 0 Å². The van der Waals surface area contributed by atoms with Crippen LogP contribution in [0.4, 0.5) is 11.1 Å². The number of likely N-dealkylation sites (N-methyl/N-ethyl adjacent to an activating group) is 1. The maximum atomic E-state index is 5.45. The quantitative estimate of drug-likeness (QED) is 0.746. The molecule has 2 N–H and O–H groups in total. The van der Waals surface area contributed by atoms with Crippen molar-refractivity contribution in [2.75, 3.05) is 30.9 Å². The van der Waals surface area contributed by atoms with Crippen molar-refractivity contribution < 1.29 is 4.74 Å². The van der Waals surface area contributed by atoms with Gasteiger partial charge in [-0.05, 0) is 6.42 Å². The molecule has 0 aliphatic carbocycles. The molecular weight excluding hydrogens is 188 g/mol. The predicted octanol–water partition coefficient (Wildman–Crippen LogP) is 0.345. The van der Waals surface area contributed by atoms with Gasteiger partial charge < -0.3 is 15.4 Å². The molecule has 1 aromatic heterocycles. The van der Waals surface area contributed by atoms with Crippen molar-refractivity contribution in [1.29, 1.82) is 0 Å². The lowest BCUT2D eigenvalue weighted by Crippen LogP contribution is -2.31. The third-order valence-electron chi connectivity index (χ3n) is 2.19. The Hall–Kier alpha value is -0.880. The minimum atomic E-state index is 0.353. The summed E-state index contributed by atoms with van der Waals surface area (Å²) in [6.07, 6.45) is 1.05. The van der Waals surface area contributed by atoms with Crippen molar-refractivity contribution in [2.45, 2.75) is 12.5 Å². The van der Waals surface area contributed by atoms with Crippen LogP contribution in [-0.2, 0) is 4.74 Å². The zero-order valence-electron chi connectivity index (χ0n) is 7.43. The summed E-state index contributed by atoms with van der Waals surface area (Å²) in [5, 5.41) is 0.869. The number of anilines is 2. The minimum Gasteiger partial charge on any atom is -0.379 e. The van der Waals surface area contributed by atoms with Crippen LogP contribution in [0, 0.1) is 0 Å². The van der Waals surface area contributed by atoms with Crippen LogP contribution < -0.4 is 10.6 Å². The summed E-state index contributed by atoms with van der Waals surface area (Å²) in [5.41, 5.74) is 5.45. The van der Waals surface area contributed by atoms with Crippen LogP contribution in [0.2, 0.25) is 0 Å². The first kappa shape index (κ1) is 8.71.